The highest BCUT2D eigenvalue weighted by molar-refractivity contribution is 5.95. The Bertz CT molecular complexity index is 1010. The van der Waals surface area contributed by atoms with Gasteiger partial charge in [0.25, 0.3) is 0 Å². The Morgan fingerprint density at radius 3 is 2.35 bits per heavy atom. The first-order valence-electron chi connectivity index (χ1n) is 12.0. The third-order valence-electron chi connectivity index (χ3n) is 6.87. The van der Waals surface area contributed by atoms with Crippen molar-refractivity contribution >= 4 is 30.0 Å². The summed E-state index contributed by atoms with van der Waals surface area (Å²) in [4.78, 5) is 48.5. The molecule has 1 amide bonds. The fourth-order valence-corrected chi connectivity index (χ4v) is 4.72. The standard InChI is InChI=1S/C28H34N2O4/c1-20(33)27-11-8-24(17-25(27)7-3-21(18-31)6-12-28(34)29-2)23-13-15-30(16-14-23)26-9-4-22(19-32)5-10-26/h4-5,8-11,17-19,21,23H,3,6-7,12-16H2,1-2H3,(H,29,34). The van der Waals surface area contributed by atoms with Gasteiger partial charge in [0, 0.05) is 49.3 Å². The summed E-state index contributed by atoms with van der Waals surface area (Å²) in [7, 11) is 1.59. The second kappa shape index (κ2) is 12.3. The molecular weight excluding hydrogens is 428 g/mol. The van der Waals surface area contributed by atoms with Crippen LogP contribution in [0.5, 0.6) is 0 Å². The van der Waals surface area contributed by atoms with E-state index in [-0.39, 0.29) is 17.6 Å². The molecule has 1 aliphatic heterocycles. The smallest absolute Gasteiger partial charge is 0.219 e. The Kier molecular flexibility index (Phi) is 9.14. The van der Waals surface area contributed by atoms with Crippen molar-refractivity contribution in [1.29, 1.82) is 0 Å². The van der Waals surface area contributed by atoms with Crippen LogP contribution < -0.4 is 10.2 Å². The number of aryl methyl sites for hydroxylation is 1. The Balaban J connectivity index is 1.65. The maximum atomic E-state index is 12.2. The number of amides is 1. The van der Waals surface area contributed by atoms with Crippen molar-refractivity contribution in [2.45, 2.75) is 51.4 Å². The predicted octanol–water partition coefficient (Wildman–Crippen LogP) is 4.36. The molecule has 1 fully saturated rings. The number of hydrogen-bond acceptors (Lipinski definition) is 5. The number of ketones is 1. The number of carbonyl (C=O) groups excluding carboxylic acids is 4. The van der Waals surface area contributed by atoms with Crippen LogP contribution in [0.1, 0.15) is 76.8 Å². The Morgan fingerprint density at radius 1 is 1.06 bits per heavy atom. The highest BCUT2D eigenvalue weighted by Gasteiger charge is 2.22. The van der Waals surface area contributed by atoms with E-state index in [1.54, 1.807) is 14.0 Å². The summed E-state index contributed by atoms with van der Waals surface area (Å²) in [6.45, 7) is 3.44. The molecule has 0 radical (unpaired) electrons. The van der Waals surface area contributed by atoms with Gasteiger partial charge in [-0.2, -0.15) is 0 Å². The minimum atomic E-state index is -0.199. The monoisotopic (exact) mass is 462 g/mol. The first-order chi connectivity index (χ1) is 16.4. The predicted molar refractivity (Wildman–Crippen MR) is 134 cm³/mol. The van der Waals surface area contributed by atoms with Crippen molar-refractivity contribution in [1.82, 2.24) is 5.32 Å². The molecule has 34 heavy (non-hydrogen) atoms. The number of nitrogens with zero attached hydrogens (tertiary/aromatic N) is 1. The van der Waals surface area contributed by atoms with Crippen molar-refractivity contribution in [2.75, 3.05) is 25.0 Å². The van der Waals surface area contributed by atoms with Crippen molar-refractivity contribution in [3.05, 3.63) is 64.7 Å². The SMILES string of the molecule is CNC(=O)CCC(C=O)CCc1cc(C2CCN(c3ccc(C=O)cc3)CC2)ccc1C(C)=O. The zero-order valence-corrected chi connectivity index (χ0v) is 20.1. The van der Waals surface area contributed by atoms with Gasteiger partial charge >= 0.3 is 0 Å². The lowest BCUT2D eigenvalue weighted by Gasteiger charge is -2.34. The molecule has 2 aromatic rings. The van der Waals surface area contributed by atoms with E-state index in [0.717, 1.165) is 49.8 Å². The molecule has 6 heteroatoms. The van der Waals surface area contributed by atoms with Gasteiger partial charge in [-0.1, -0.05) is 18.2 Å². The summed E-state index contributed by atoms with van der Waals surface area (Å²) in [5, 5.41) is 2.59. The number of piperidine rings is 1. The number of rotatable bonds is 11. The molecule has 0 saturated carbocycles. The number of benzene rings is 2. The zero-order chi connectivity index (χ0) is 24.5. The summed E-state index contributed by atoms with van der Waals surface area (Å²) in [5.41, 5.74) is 4.76. The third kappa shape index (κ3) is 6.62. The minimum absolute atomic E-state index is 0.0307. The van der Waals surface area contributed by atoms with Crippen molar-refractivity contribution in [3.63, 3.8) is 0 Å². The number of nitrogens with one attached hydrogen (secondary N) is 1. The largest absolute Gasteiger partial charge is 0.371 e. The number of Topliss-reactive ketones (excluding diaryl/α,β-unsaturated/α-hetero) is 1. The van der Waals surface area contributed by atoms with Gasteiger partial charge in [0.1, 0.15) is 12.6 Å². The Morgan fingerprint density at radius 2 is 1.76 bits per heavy atom. The fraction of sp³-hybridized carbons (Fsp3) is 0.429. The number of aldehydes is 2. The summed E-state index contributed by atoms with van der Waals surface area (Å²) in [6.07, 6.45) is 5.92. The zero-order valence-electron chi connectivity index (χ0n) is 20.1. The number of carbonyl (C=O) groups is 4. The summed E-state index contributed by atoms with van der Waals surface area (Å²) >= 11 is 0. The molecule has 1 aliphatic rings. The lowest BCUT2D eigenvalue weighted by atomic mass is 9.85. The minimum Gasteiger partial charge on any atom is -0.371 e. The first-order valence-corrected chi connectivity index (χ1v) is 12.0. The fourth-order valence-electron chi connectivity index (χ4n) is 4.72. The van der Waals surface area contributed by atoms with E-state index in [9.17, 15) is 19.2 Å². The number of hydrogen-bond donors (Lipinski definition) is 1. The van der Waals surface area contributed by atoms with Crippen molar-refractivity contribution in [3.8, 4) is 0 Å². The Hall–Kier alpha value is -3.28. The van der Waals surface area contributed by atoms with Crippen LogP contribution in [-0.2, 0) is 16.0 Å². The lowest BCUT2D eigenvalue weighted by molar-refractivity contribution is -0.121. The molecule has 0 spiro atoms. The van der Waals surface area contributed by atoms with Crippen LogP contribution in [0.25, 0.3) is 0 Å². The van der Waals surface area contributed by atoms with Crippen molar-refractivity contribution < 1.29 is 19.2 Å². The van der Waals surface area contributed by atoms with Gasteiger partial charge in [-0.05, 0) is 80.3 Å². The number of anilines is 1. The second-order valence-corrected chi connectivity index (χ2v) is 9.09. The Labute approximate surface area is 201 Å². The molecule has 1 unspecified atom stereocenters. The van der Waals surface area contributed by atoms with E-state index < -0.39 is 0 Å². The average Bonchev–Trinajstić information content (AvgIpc) is 2.88. The molecule has 1 heterocycles. The van der Waals surface area contributed by atoms with Crippen LogP contribution in [0.3, 0.4) is 0 Å². The topological polar surface area (TPSA) is 83.6 Å². The molecular formula is C28H34N2O4. The molecule has 6 nitrogen and oxygen atoms in total. The molecule has 1 N–H and O–H groups in total. The molecule has 0 aromatic heterocycles. The molecule has 3 rings (SSSR count). The van der Waals surface area contributed by atoms with Gasteiger partial charge < -0.3 is 15.0 Å². The lowest BCUT2D eigenvalue weighted by Crippen LogP contribution is -2.32. The highest BCUT2D eigenvalue weighted by atomic mass is 16.1. The van der Waals surface area contributed by atoms with Gasteiger partial charge in [0.05, 0.1) is 0 Å². The van der Waals surface area contributed by atoms with Crippen LogP contribution in [0.4, 0.5) is 5.69 Å². The van der Waals surface area contributed by atoms with Crippen LogP contribution in [0, 0.1) is 5.92 Å². The first kappa shape index (κ1) is 25.3. The highest BCUT2D eigenvalue weighted by Crippen LogP contribution is 2.32. The van der Waals surface area contributed by atoms with Gasteiger partial charge in [0.15, 0.2) is 5.78 Å². The summed E-state index contributed by atoms with van der Waals surface area (Å²) in [6, 6.07) is 13.8. The van der Waals surface area contributed by atoms with Gasteiger partial charge in [-0.25, -0.2) is 0 Å². The van der Waals surface area contributed by atoms with Crippen LogP contribution in [0.2, 0.25) is 0 Å². The maximum absolute atomic E-state index is 12.2. The summed E-state index contributed by atoms with van der Waals surface area (Å²) in [5.74, 6) is 0.183. The van der Waals surface area contributed by atoms with E-state index in [0.29, 0.717) is 42.7 Å². The van der Waals surface area contributed by atoms with E-state index in [2.05, 4.69) is 22.3 Å². The average molecular weight is 463 g/mol. The van der Waals surface area contributed by atoms with Crippen LogP contribution in [-0.4, -0.2) is 44.4 Å². The second-order valence-electron chi connectivity index (χ2n) is 9.09. The third-order valence-corrected chi connectivity index (χ3v) is 6.87. The maximum Gasteiger partial charge on any atom is 0.219 e. The normalized spacial score (nSPS) is 14.9. The molecule has 1 saturated heterocycles. The van der Waals surface area contributed by atoms with Gasteiger partial charge in [-0.3, -0.25) is 14.4 Å². The van der Waals surface area contributed by atoms with Crippen LogP contribution in [0.15, 0.2) is 42.5 Å². The molecule has 0 bridgehead atoms. The molecule has 1 atom stereocenters. The van der Waals surface area contributed by atoms with Crippen LogP contribution >= 0.6 is 0 Å². The summed E-state index contributed by atoms with van der Waals surface area (Å²) < 4.78 is 0. The van der Waals surface area contributed by atoms with Gasteiger partial charge in [0.2, 0.25) is 5.91 Å². The van der Waals surface area contributed by atoms with Crippen molar-refractivity contribution in [2.24, 2.45) is 5.92 Å². The van der Waals surface area contributed by atoms with E-state index in [1.165, 1.54) is 5.56 Å². The molecule has 0 aliphatic carbocycles. The van der Waals surface area contributed by atoms with E-state index in [4.69, 9.17) is 0 Å². The quantitative estimate of drug-likeness (QED) is 0.396. The van der Waals surface area contributed by atoms with Gasteiger partial charge in [-0.15, -0.1) is 0 Å². The molecule has 2 aromatic carbocycles. The molecule has 180 valence electrons. The van der Waals surface area contributed by atoms with E-state index in [1.807, 2.05) is 30.3 Å². The van der Waals surface area contributed by atoms with E-state index >= 15 is 0 Å².